The molecule has 1 fully saturated rings. The second-order valence-electron chi connectivity index (χ2n) is 16.7. The molecule has 0 aromatic heterocycles. The molecule has 0 aliphatic carbocycles. The van der Waals surface area contributed by atoms with Crippen LogP contribution in [0.1, 0.15) is 87.4 Å². The Morgan fingerprint density at radius 1 is 0.968 bits per heavy atom. The van der Waals surface area contributed by atoms with Gasteiger partial charge in [-0.05, 0) is 83.2 Å². The number of nitrogens with one attached hydrogen (secondary N) is 2. The molecule has 3 aliphatic rings. The van der Waals surface area contributed by atoms with Crippen molar-refractivity contribution in [3.05, 3.63) is 97.1 Å². The number of esters is 2. The van der Waals surface area contributed by atoms with Gasteiger partial charge in [0.1, 0.15) is 23.1 Å². The molecule has 0 bridgehead atoms. The smallest absolute Gasteiger partial charge is 0.377 e. The van der Waals surface area contributed by atoms with E-state index in [1.807, 2.05) is 4.90 Å². The molecular formula is C42H48N8O12. The van der Waals surface area contributed by atoms with Crippen LogP contribution in [-0.4, -0.2) is 87.6 Å². The number of ether oxygens (including phenoxy) is 3. The van der Waals surface area contributed by atoms with E-state index in [2.05, 4.69) is 15.6 Å². The molecule has 0 saturated carbocycles. The molecule has 328 valence electrons. The number of guanidine groups is 1. The number of nitrogens with two attached hydrogens (primary N) is 2. The number of amides is 2. The zero-order chi connectivity index (χ0) is 45.3. The van der Waals surface area contributed by atoms with Crippen molar-refractivity contribution in [2.45, 2.75) is 83.6 Å². The van der Waals surface area contributed by atoms with Gasteiger partial charge in [0.15, 0.2) is 11.6 Å². The van der Waals surface area contributed by atoms with Gasteiger partial charge in [0.2, 0.25) is 11.8 Å². The maximum Gasteiger partial charge on any atom is 0.377 e. The van der Waals surface area contributed by atoms with E-state index >= 15 is 0 Å². The van der Waals surface area contributed by atoms with Crippen LogP contribution < -0.4 is 26.8 Å². The Morgan fingerprint density at radius 3 is 2.23 bits per heavy atom. The van der Waals surface area contributed by atoms with Crippen LogP contribution in [0.25, 0.3) is 0 Å². The van der Waals surface area contributed by atoms with E-state index in [1.54, 1.807) is 46.8 Å². The molecule has 20 nitrogen and oxygen atoms in total. The Hall–Kier alpha value is -6.96. The first kappa shape index (κ1) is 44.6. The summed E-state index contributed by atoms with van der Waals surface area (Å²) in [7, 11) is 0. The number of carbonyl (C=O) groups excluding carboxylic acids is 5. The Kier molecular flexibility index (Phi) is 12.6. The minimum Gasteiger partial charge on any atom is -0.456 e. The Morgan fingerprint density at radius 2 is 1.60 bits per heavy atom. The molecule has 62 heavy (non-hydrogen) atoms. The van der Waals surface area contributed by atoms with Crippen molar-refractivity contribution in [1.29, 1.82) is 0 Å². The van der Waals surface area contributed by atoms with Crippen molar-refractivity contribution >= 4 is 52.6 Å². The predicted octanol–water partition coefficient (Wildman–Crippen LogP) is 4.20. The normalized spacial score (nSPS) is 18.6. The largest absolute Gasteiger partial charge is 0.456 e. The molecule has 3 aromatic rings. The van der Waals surface area contributed by atoms with Gasteiger partial charge in [0.25, 0.3) is 17.2 Å². The van der Waals surface area contributed by atoms with Crippen molar-refractivity contribution in [2.24, 2.45) is 28.3 Å². The van der Waals surface area contributed by atoms with Crippen molar-refractivity contribution in [1.82, 2.24) is 10.2 Å². The third-order valence-corrected chi connectivity index (χ3v) is 10.8. The minimum absolute atomic E-state index is 0.0161. The van der Waals surface area contributed by atoms with Gasteiger partial charge in [0.05, 0.1) is 33.4 Å². The lowest BCUT2D eigenvalue weighted by Gasteiger charge is -2.36. The summed E-state index contributed by atoms with van der Waals surface area (Å²) < 4.78 is 17.5. The topological polar surface area (TPSA) is 291 Å². The first-order valence-electron chi connectivity index (χ1n) is 20.0. The fourth-order valence-electron chi connectivity index (χ4n) is 7.97. The number of hydrogen-bond donors (Lipinski definition) is 4. The van der Waals surface area contributed by atoms with E-state index < -0.39 is 74.5 Å². The number of hydrogen-bond acceptors (Lipinski definition) is 14. The lowest BCUT2D eigenvalue weighted by Crippen LogP contribution is -2.54. The van der Waals surface area contributed by atoms with Crippen LogP contribution in [-0.2, 0) is 34.3 Å². The quantitative estimate of drug-likeness (QED) is 0.0317. The molecule has 2 unspecified atom stereocenters. The maximum atomic E-state index is 14.2. The lowest BCUT2D eigenvalue weighted by molar-refractivity contribution is -0.385. The Balaban J connectivity index is 1.28. The summed E-state index contributed by atoms with van der Waals surface area (Å²) in [5.41, 5.74) is 8.75. The van der Waals surface area contributed by atoms with Crippen molar-refractivity contribution < 1.29 is 48.0 Å². The fraction of sp³-hybridized carbons (Fsp3) is 0.429. The van der Waals surface area contributed by atoms with Crippen LogP contribution in [0.5, 0.6) is 11.5 Å². The van der Waals surface area contributed by atoms with Gasteiger partial charge in [-0.2, -0.15) is 0 Å². The Labute approximate surface area is 355 Å². The van der Waals surface area contributed by atoms with E-state index in [0.717, 1.165) is 6.07 Å². The average Bonchev–Trinajstić information content (AvgIpc) is 3.78. The van der Waals surface area contributed by atoms with Crippen LogP contribution in [0, 0.1) is 32.1 Å². The zero-order valence-electron chi connectivity index (χ0n) is 34.8. The summed E-state index contributed by atoms with van der Waals surface area (Å²) in [5.74, 6) is -4.90. The van der Waals surface area contributed by atoms with Crippen LogP contribution in [0.3, 0.4) is 0 Å². The van der Waals surface area contributed by atoms with E-state index in [9.17, 15) is 44.2 Å². The SMILES string of the molecule is CC(C)[C@H](NC(=O)[C@@H]1CCCN1CC(CCCN=C(N)N)C(=O)Nc1ccc2c(c1)Oc1cc([N+](=O)[O-])ccc1C21OC(=O)c2cc([N+](=O)[O-])ccc21)C(=O)C(=O)OC(C)(C)C. The number of anilines is 1. The van der Waals surface area contributed by atoms with Crippen molar-refractivity contribution in [2.75, 3.05) is 25.0 Å². The van der Waals surface area contributed by atoms with Gasteiger partial charge >= 0.3 is 11.9 Å². The number of nitrogens with zero attached hydrogens (tertiary/aromatic N) is 4. The van der Waals surface area contributed by atoms with Gasteiger partial charge in [0, 0.05) is 59.7 Å². The standard InChI is InChI=1S/C42H48N8O12/c1-22(2)34(35(51)39(55)61-41(3,4)5)47-37(53)31-9-7-17-48(31)21-23(8-6-16-45-40(43)44)36(52)46-24-10-13-29-32(18-24)60-33-20-26(50(58)59)12-15-30(33)42(29)28-14-11-25(49(56)57)19-27(28)38(54)62-42/h10-15,18-20,22-23,31,34H,6-9,16-17,21H2,1-5H3,(H,46,52)(H,47,53)(H4,43,44,45)/t23?,31-,34-,42?/m0/s1. The summed E-state index contributed by atoms with van der Waals surface area (Å²) in [6.07, 6.45) is 1.75. The summed E-state index contributed by atoms with van der Waals surface area (Å²) in [5, 5.41) is 29.1. The van der Waals surface area contributed by atoms with Gasteiger partial charge in [-0.25, -0.2) is 9.59 Å². The van der Waals surface area contributed by atoms with Crippen molar-refractivity contribution in [3.8, 4) is 11.5 Å². The van der Waals surface area contributed by atoms with Gasteiger partial charge in [-0.3, -0.25) is 44.5 Å². The molecule has 20 heteroatoms. The molecule has 4 atom stereocenters. The zero-order valence-corrected chi connectivity index (χ0v) is 34.8. The summed E-state index contributed by atoms with van der Waals surface area (Å²) >= 11 is 0. The fourth-order valence-corrected chi connectivity index (χ4v) is 7.97. The number of nitro benzene ring substituents is 2. The highest BCUT2D eigenvalue weighted by Gasteiger charge is 2.54. The summed E-state index contributed by atoms with van der Waals surface area (Å²) in [6, 6.07) is 10.3. The molecule has 1 spiro atoms. The average molecular weight is 857 g/mol. The number of benzene rings is 3. The number of fused-ring (bicyclic) bond motifs is 6. The van der Waals surface area contributed by atoms with E-state index in [4.69, 9.17) is 25.7 Å². The molecule has 1 saturated heterocycles. The van der Waals surface area contributed by atoms with Gasteiger partial charge in [-0.15, -0.1) is 0 Å². The van der Waals surface area contributed by atoms with Gasteiger partial charge < -0.3 is 36.3 Å². The molecule has 6 N–H and O–H groups in total. The number of nitro groups is 2. The third kappa shape index (κ3) is 9.19. The van der Waals surface area contributed by atoms with Crippen LogP contribution in [0.2, 0.25) is 0 Å². The highest BCUT2D eigenvalue weighted by atomic mass is 16.6. The number of non-ortho nitro benzene ring substituents is 2. The Bertz CT molecular complexity index is 2370. The molecule has 6 rings (SSSR count). The second kappa shape index (κ2) is 17.6. The summed E-state index contributed by atoms with van der Waals surface area (Å²) in [4.78, 5) is 95.2. The highest BCUT2D eigenvalue weighted by Crippen LogP contribution is 2.57. The maximum absolute atomic E-state index is 14.2. The number of likely N-dealkylation sites (tertiary alicyclic amines) is 1. The van der Waals surface area contributed by atoms with Crippen LogP contribution in [0.4, 0.5) is 17.1 Å². The van der Waals surface area contributed by atoms with Gasteiger partial charge in [-0.1, -0.05) is 13.8 Å². The second-order valence-corrected chi connectivity index (χ2v) is 16.7. The molecule has 3 aromatic carbocycles. The number of Topliss-reactive ketones (excluding diaryl/α,β-unsaturated/α-hetero) is 1. The number of carbonyl (C=O) groups is 5. The third-order valence-electron chi connectivity index (χ3n) is 10.8. The predicted molar refractivity (Wildman–Crippen MR) is 222 cm³/mol. The van der Waals surface area contributed by atoms with Crippen LogP contribution >= 0.6 is 0 Å². The van der Waals surface area contributed by atoms with E-state index in [-0.39, 0.29) is 64.3 Å². The number of rotatable bonds is 15. The number of aliphatic imine (C=N–C) groups is 1. The van der Waals surface area contributed by atoms with E-state index in [0.29, 0.717) is 37.8 Å². The van der Waals surface area contributed by atoms with Crippen molar-refractivity contribution in [3.63, 3.8) is 0 Å². The molecule has 2 amide bonds. The highest BCUT2D eigenvalue weighted by molar-refractivity contribution is 6.36. The summed E-state index contributed by atoms with van der Waals surface area (Å²) in [6.45, 7) is 9.13. The molecule has 3 aliphatic heterocycles. The van der Waals surface area contributed by atoms with Crippen LogP contribution in [0.15, 0.2) is 59.6 Å². The minimum atomic E-state index is -1.71. The monoisotopic (exact) mass is 856 g/mol. The molecule has 0 radical (unpaired) electrons. The lowest BCUT2D eigenvalue weighted by atomic mass is 9.77. The molecule has 3 heterocycles. The van der Waals surface area contributed by atoms with E-state index in [1.165, 1.54) is 36.4 Å². The first-order chi connectivity index (χ1) is 29.2. The first-order valence-corrected chi connectivity index (χ1v) is 20.0. The molecular weight excluding hydrogens is 809 g/mol. The number of ketones is 1.